The number of carbonyl (C=O) groups is 1. The van der Waals surface area contributed by atoms with Gasteiger partial charge in [0.05, 0.1) is 11.6 Å². The number of nitrogens with zero attached hydrogens (tertiary/aromatic N) is 1. The fourth-order valence-corrected chi connectivity index (χ4v) is 2.08. The van der Waals surface area contributed by atoms with Crippen LogP contribution >= 0.6 is 0 Å². The van der Waals surface area contributed by atoms with Crippen LogP contribution < -0.4 is 10.6 Å². The molecule has 4 nitrogen and oxygen atoms in total. The normalized spacial score (nSPS) is 9.90. The minimum atomic E-state index is -0.0795. The van der Waals surface area contributed by atoms with Crippen LogP contribution in [0, 0.1) is 11.3 Å². The van der Waals surface area contributed by atoms with Crippen LogP contribution in [0.25, 0.3) is 0 Å². The Kier molecular flexibility index (Phi) is 5.08. The molecule has 2 N–H and O–H groups in total. The second-order valence-electron chi connectivity index (χ2n) is 4.75. The zero-order valence-corrected chi connectivity index (χ0v) is 11.9. The summed E-state index contributed by atoms with van der Waals surface area (Å²) in [5, 5.41) is 15.0. The van der Waals surface area contributed by atoms with E-state index in [1.54, 1.807) is 6.07 Å². The van der Waals surface area contributed by atoms with E-state index in [1.165, 1.54) is 6.92 Å². The minimum absolute atomic E-state index is 0.0795. The van der Waals surface area contributed by atoms with E-state index in [4.69, 9.17) is 5.26 Å². The minimum Gasteiger partial charge on any atom is -0.326 e. The monoisotopic (exact) mass is 279 g/mol. The van der Waals surface area contributed by atoms with E-state index in [0.717, 1.165) is 16.8 Å². The van der Waals surface area contributed by atoms with Crippen molar-refractivity contribution in [1.82, 2.24) is 5.32 Å². The van der Waals surface area contributed by atoms with Crippen molar-refractivity contribution in [1.29, 1.82) is 5.26 Å². The zero-order valence-electron chi connectivity index (χ0n) is 11.9. The van der Waals surface area contributed by atoms with E-state index in [9.17, 15) is 4.79 Å². The molecule has 0 fully saturated rings. The van der Waals surface area contributed by atoms with E-state index < -0.39 is 0 Å². The van der Waals surface area contributed by atoms with Gasteiger partial charge in [0.25, 0.3) is 0 Å². The number of nitriles is 1. The van der Waals surface area contributed by atoms with Crippen LogP contribution in [0.5, 0.6) is 0 Å². The summed E-state index contributed by atoms with van der Waals surface area (Å²) in [5.74, 6) is -0.0795. The predicted octanol–water partition coefficient (Wildman–Crippen LogP) is 2.81. The lowest BCUT2D eigenvalue weighted by Gasteiger charge is -2.11. The lowest BCUT2D eigenvalue weighted by molar-refractivity contribution is -0.114. The van der Waals surface area contributed by atoms with Gasteiger partial charge in [-0.2, -0.15) is 5.26 Å². The number of hydrogen-bond donors (Lipinski definition) is 2. The van der Waals surface area contributed by atoms with Gasteiger partial charge in [0.1, 0.15) is 0 Å². The number of hydrogen-bond acceptors (Lipinski definition) is 3. The summed E-state index contributed by atoms with van der Waals surface area (Å²) in [6.07, 6.45) is 0. The fourth-order valence-electron chi connectivity index (χ4n) is 2.08. The number of anilines is 1. The molecule has 0 saturated heterocycles. The van der Waals surface area contributed by atoms with Gasteiger partial charge in [0, 0.05) is 25.7 Å². The molecular weight excluding hydrogens is 262 g/mol. The van der Waals surface area contributed by atoms with Gasteiger partial charge >= 0.3 is 0 Å². The van der Waals surface area contributed by atoms with E-state index in [2.05, 4.69) is 16.7 Å². The maximum atomic E-state index is 11.2. The van der Waals surface area contributed by atoms with Gasteiger partial charge in [-0.25, -0.2) is 0 Å². The summed E-state index contributed by atoms with van der Waals surface area (Å²) in [6, 6.07) is 17.3. The lowest BCUT2D eigenvalue weighted by Crippen LogP contribution is -2.15. The molecular formula is C17H17N3O. The quantitative estimate of drug-likeness (QED) is 0.884. The smallest absolute Gasteiger partial charge is 0.221 e. The Balaban J connectivity index is 1.97. The predicted molar refractivity (Wildman–Crippen MR) is 82.4 cm³/mol. The fraction of sp³-hybridized carbons (Fsp3) is 0.176. The van der Waals surface area contributed by atoms with Crippen LogP contribution in [0.15, 0.2) is 48.5 Å². The number of para-hydroxylation sites is 1. The van der Waals surface area contributed by atoms with Crippen molar-refractivity contribution >= 4 is 11.6 Å². The molecule has 2 aromatic rings. The van der Waals surface area contributed by atoms with Crippen molar-refractivity contribution in [3.63, 3.8) is 0 Å². The molecule has 0 bridgehead atoms. The van der Waals surface area contributed by atoms with Crippen molar-refractivity contribution in [2.24, 2.45) is 0 Å². The number of benzene rings is 2. The maximum Gasteiger partial charge on any atom is 0.221 e. The number of nitrogens with one attached hydrogen (secondary N) is 2. The summed E-state index contributed by atoms with van der Waals surface area (Å²) in [7, 11) is 0. The highest BCUT2D eigenvalue weighted by atomic mass is 16.1. The molecule has 0 aliphatic heterocycles. The number of rotatable bonds is 5. The molecule has 1 amide bonds. The van der Waals surface area contributed by atoms with E-state index >= 15 is 0 Å². The first-order chi connectivity index (χ1) is 10.2. The van der Waals surface area contributed by atoms with Crippen LogP contribution in [0.3, 0.4) is 0 Å². The molecule has 4 heteroatoms. The van der Waals surface area contributed by atoms with Crippen LogP contribution in [-0.2, 0) is 17.9 Å². The third-order valence-corrected chi connectivity index (χ3v) is 3.03. The average Bonchev–Trinajstić information content (AvgIpc) is 2.49. The Morgan fingerprint density at radius 1 is 1.14 bits per heavy atom. The first-order valence-electron chi connectivity index (χ1n) is 6.74. The molecule has 0 spiro atoms. The zero-order chi connectivity index (χ0) is 15.1. The van der Waals surface area contributed by atoms with Crippen LogP contribution in [0.2, 0.25) is 0 Å². The molecule has 21 heavy (non-hydrogen) atoms. The Morgan fingerprint density at radius 2 is 1.95 bits per heavy atom. The molecule has 0 atom stereocenters. The number of amides is 1. The highest BCUT2D eigenvalue weighted by Gasteiger charge is 2.03. The molecule has 2 rings (SSSR count). The molecule has 0 heterocycles. The molecule has 0 aliphatic carbocycles. The van der Waals surface area contributed by atoms with Crippen molar-refractivity contribution in [2.75, 3.05) is 5.32 Å². The highest BCUT2D eigenvalue weighted by molar-refractivity contribution is 5.89. The van der Waals surface area contributed by atoms with Gasteiger partial charge in [0.2, 0.25) is 5.91 Å². The largest absolute Gasteiger partial charge is 0.326 e. The van der Waals surface area contributed by atoms with Crippen LogP contribution in [-0.4, -0.2) is 5.91 Å². The van der Waals surface area contributed by atoms with Crippen LogP contribution in [0.1, 0.15) is 23.6 Å². The molecule has 106 valence electrons. The maximum absolute atomic E-state index is 11.2. The van der Waals surface area contributed by atoms with Crippen molar-refractivity contribution in [2.45, 2.75) is 20.0 Å². The summed E-state index contributed by atoms with van der Waals surface area (Å²) in [4.78, 5) is 11.2. The van der Waals surface area contributed by atoms with Gasteiger partial charge in [-0.1, -0.05) is 30.3 Å². The Morgan fingerprint density at radius 3 is 2.71 bits per heavy atom. The molecule has 0 saturated carbocycles. The van der Waals surface area contributed by atoms with E-state index in [0.29, 0.717) is 18.7 Å². The van der Waals surface area contributed by atoms with Gasteiger partial charge < -0.3 is 10.6 Å². The second kappa shape index (κ2) is 7.22. The first kappa shape index (κ1) is 14.8. The molecule has 2 aromatic carbocycles. The standard InChI is InChI=1S/C17H17N3O/c1-13(21)20-17-8-3-2-7-16(17)12-19-11-15-6-4-5-14(9-15)10-18/h2-9,19H,11-12H2,1H3,(H,20,21). The third-order valence-electron chi connectivity index (χ3n) is 3.03. The van der Waals surface area contributed by atoms with Crippen molar-refractivity contribution in [3.05, 3.63) is 65.2 Å². The molecule has 0 radical (unpaired) electrons. The van der Waals surface area contributed by atoms with E-state index in [1.807, 2.05) is 42.5 Å². The lowest BCUT2D eigenvalue weighted by atomic mass is 10.1. The number of carbonyl (C=O) groups excluding carboxylic acids is 1. The topological polar surface area (TPSA) is 64.9 Å². The van der Waals surface area contributed by atoms with Crippen molar-refractivity contribution < 1.29 is 4.79 Å². The van der Waals surface area contributed by atoms with Gasteiger partial charge in [0.15, 0.2) is 0 Å². The summed E-state index contributed by atoms with van der Waals surface area (Å²) in [6.45, 7) is 2.81. The van der Waals surface area contributed by atoms with Crippen molar-refractivity contribution in [3.8, 4) is 6.07 Å². The summed E-state index contributed by atoms with van der Waals surface area (Å²) in [5.41, 5.74) is 3.58. The molecule has 0 aromatic heterocycles. The molecule has 0 aliphatic rings. The third kappa shape index (κ3) is 4.44. The van der Waals surface area contributed by atoms with Crippen LogP contribution in [0.4, 0.5) is 5.69 Å². The average molecular weight is 279 g/mol. The first-order valence-corrected chi connectivity index (χ1v) is 6.74. The molecule has 0 unspecified atom stereocenters. The van der Waals surface area contributed by atoms with Gasteiger partial charge in [-0.15, -0.1) is 0 Å². The SMILES string of the molecule is CC(=O)Nc1ccccc1CNCc1cccc(C#N)c1. The summed E-state index contributed by atoms with van der Waals surface area (Å²) < 4.78 is 0. The Hall–Kier alpha value is -2.64. The Labute approximate surface area is 124 Å². The second-order valence-corrected chi connectivity index (χ2v) is 4.75. The van der Waals surface area contributed by atoms with E-state index in [-0.39, 0.29) is 5.91 Å². The van der Waals surface area contributed by atoms with Gasteiger partial charge in [-0.3, -0.25) is 4.79 Å². The Bertz CT molecular complexity index is 674. The van der Waals surface area contributed by atoms with Gasteiger partial charge in [-0.05, 0) is 29.3 Å². The highest BCUT2D eigenvalue weighted by Crippen LogP contribution is 2.15. The summed E-state index contributed by atoms with van der Waals surface area (Å²) >= 11 is 0.